The maximum absolute atomic E-state index is 13.1. The zero-order valence-corrected chi connectivity index (χ0v) is 9.33. The van der Waals surface area contributed by atoms with Gasteiger partial charge in [-0.25, -0.2) is 4.39 Å². The molecule has 1 N–H and O–H groups in total. The Balaban J connectivity index is 2.94. The molecule has 2 atom stereocenters. The van der Waals surface area contributed by atoms with Crippen LogP contribution in [0.25, 0.3) is 0 Å². The monoisotopic (exact) mass is 212 g/mol. The lowest BCUT2D eigenvalue weighted by atomic mass is 9.94. The lowest BCUT2D eigenvalue weighted by Gasteiger charge is -2.16. The van der Waals surface area contributed by atoms with Crippen LogP contribution in [0.1, 0.15) is 31.7 Å². The van der Waals surface area contributed by atoms with E-state index in [-0.39, 0.29) is 11.7 Å². The maximum Gasteiger partial charge on any atom is 0.123 e. The summed E-state index contributed by atoms with van der Waals surface area (Å²) in [6, 6.07) is 4.45. The van der Waals surface area contributed by atoms with Gasteiger partial charge in [-0.05, 0) is 43.0 Å². The third-order valence-corrected chi connectivity index (χ3v) is 2.42. The van der Waals surface area contributed by atoms with Crippen LogP contribution in [-0.2, 0) is 0 Å². The predicted molar refractivity (Wildman–Crippen MR) is 57.7 cm³/mol. The first-order valence-corrected chi connectivity index (χ1v) is 5.06. The lowest BCUT2D eigenvalue weighted by Crippen LogP contribution is -2.07. The minimum absolute atomic E-state index is 0.0793. The van der Waals surface area contributed by atoms with Crippen LogP contribution in [0.15, 0.2) is 18.2 Å². The zero-order valence-electron chi connectivity index (χ0n) is 9.33. The van der Waals surface area contributed by atoms with Gasteiger partial charge in [0.25, 0.3) is 0 Å². The van der Waals surface area contributed by atoms with E-state index in [2.05, 4.69) is 0 Å². The van der Waals surface area contributed by atoms with Crippen molar-refractivity contribution in [2.24, 2.45) is 0 Å². The van der Waals surface area contributed by atoms with Crippen LogP contribution < -0.4 is 4.74 Å². The molecular formula is C12H17FO2. The summed E-state index contributed by atoms with van der Waals surface area (Å²) in [4.78, 5) is 0. The van der Waals surface area contributed by atoms with Crippen LogP contribution in [0.4, 0.5) is 4.39 Å². The molecular weight excluding hydrogens is 195 g/mol. The molecule has 15 heavy (non-hydrogen) atoms. The number of halogens is 1. The standard InChI is InChI=1S/C12H17FO2/c1-8(6-9(2)14)11-7-10(13)4-5-12(11)15-3/h4-5,7-9,14H,6H2,1-3H3. The van der Waals surface area contributed by atoms with Gasteiger partial charge in [-0.3, -0.25) is 0 Å². The van der Waals surface area contributed by atoms with E-state index in [0.717, 1.165) is 5.56 Å². The van der Waals surface area contributed by atoms with Crippen molar-refractivity contribution in [3.63, 3.8) is 0 Å². The van der Waals surface area contributed by atoms with Crippen molar-refractivity contribution < 1.29 is 14.2 Å². The molecule has 0 heterocycles. The van der Waals surface area contributed by atoms with E-state index in [0.29, 0.717) is 12.2 Å². The van der Waals surface area contributed by atoms with E-state index >= 15 is 0 Å². The second kappa shape index (κ2) is 5.12. The number of methoxy groups -OCH3 is 1. The van der Waals surface area contributed by atoms with Crippen LogP contribution in [0.3, 0.4) is 0 Å². The van der Waals surface area contributed by atoms with E-state index in [9.17, 15) is 9.50 Å². The fourth-order valence-electron chi connectivity index (χ4n) is 1.73. The molecule has 0 spiro atoms. The number of hydrogen-bond acceptors (Lipinski definition) is 2. The van der Waals surface area contributed by atoms with Gasteiger partial charge < -0.3 is 9.84 Å². The van der Waals surface area contributed by atoms with Gasteiger partial charge in [-0.15, -0.1) is 0 Å². The Labute approximate surface area is 89.7 Å². The molecule has 0 saturated carbocycles. The van der Waals surface area contributed by atoms with Crippen molar-refractivity contribution in [3.05, 3.63) is 29.6 Å². The minimum Gasteiger partial charge on any atom is -0.496 e. The van der Waals surface area contributed by atoms with E-state index < -0.39 is 6.10 Å². The van der Waals surface area contributed by atoms with Crippen molar-refractivity contribution >= 4 is 0 Å². The zero-order chi connectivity index (χ0) is 11.4. The molecule has 0 aliphatic carbocycles. The molecule has 0 aromatic heterocycles. The molecule has 2 unspecified atom stereocenters. The maximum atomic E-state index is 13.1. The highest BCUT2D eigenvalue weighted by Gasteiger charge is 2.14. The largest absolute Gasteiger partial charge is 0.496 e. The number of benzene rings is 1. The fourth-order valence-corrected chi connectivity index (χ4v) is 1.73. The van der Waals surface area contributed by atoms with Crippen molar-refractivity contribution in [2.75, 3.05) is 7.11 Å². The molecule has 0 radical (unpaired) electrons. The fraction of sp³-hybridized carbons (Fsp3) is 0.500. The SMILES string of the molecule is COc1ccc(F)cc1C(C)CC(C)O. The predicted octanol–water partition coefficient (Wildman–Crippen LogP) is 2.71. The van der Waals surface area contributed by atoms with E-state index in [1.807, 2.05) is 6.92 Å². The summed E-state index contributed by atoms with van der Waals surface area (Å²) in [6.07, 6.45) is 0.202. The summed E-state index contributed by atoms with van der Waals surface area (Å²) < 4.78 is 18.2. The smallest absolute Gasteiger partial charge is 0.123 e. The Morgan fingerprint density at radius 2 is 2.07 bits per heavy atom. The number of rotatable bonds is 4. The summed E-state index contributed by atoms with van der Waals surface area (Å²) in [7, 11) is 1.56. The first-order chi connectivity index (χ1) is 7.04. The normalized spacial score (nSPS) is 14.7. The summed E-state index contributed by atoms with van der Waals surface area (Å²) in [5.74, 6) is 0.475. The van der Waals surface area contributed by atoms with Crippen molar-refractivity contribution in [2.45, 2.75) is 32.3 Å². The van der Waals surface area contributed by atoms with E-state index in [1.165, 1.54) is 12.1 Å². The summed E-state index contributed by atoms with van der Waals surface area (Å²) in [5.41, 5.74) is 0.804. The van der Waals surface area contributed by atoms with Gasteiger partial charge in [0.15, 0.2) is 0 Å². The first-order valence-electron chi connectivity index (χ1n) is 5.06. The summed E-state index contributed by atoms with van der Waals surface area (Å²) in [6.45, 7) is 3.67. The van der Waals surface area contributed by atoms with Crippen LogP contribution >= 0.6 is 0 Å². The summed E-state index contributed by atoms with van der Waals surface area (Å²) in [5, 5.41) is 9.28. The molecule has 0 fully saturated rings. The Hall–Kier alpha value is -1.09. The average molecular weight is 212 g/mol. The Bertz CT molecular complexity index is 323. The van der Waals surface area contributed by atoms with Crippen LogP contribution in [0.2, 0.25) is 0 Å². The van der Waals surface area contributed by atoms with Gasteiger partial charge in [-0.1, -0.05) is 6.92 Å². The quantitative estimate of drug-likeness (QED) is 0.831. The van der Waals surface area contributed by atoms with Gasteiger partial charge in [0.05, 0.1) is 13.2 Å². The Kier molecular flexibility index (Phi) is 4.09. The second-order valence-electron chi connectivity index (χ2n) is 3.87. The number of hydrogen-bond donors (Lipinski definition) is 1. The Morgan fingerprint density at radius 1 is 1.40 bits per heavy atom. The molecule has 1 aromatic carbocycles. The first kappa shape index (κ1) is 12.0. The minimum atomic E-state index is -0.395. The second-order valence-corrected chi connectivity index (χ2v) is 3.87. The lowest BCUT2D eigenvalue weighted by molar-refractivity contribution is 0.176. The molecule has 3 heteroatoms. The molecule has 0 aliphatic heterocycles. The van der Waals surface area contributed by atoms with Gasteiger partial charge in [0.2, 0.25) is 0 Å². The van der Waals surface area contributed by atoms with E-state index in [4.69, 9.17) is 4.74 Å². The molecule has 0 aliphatic rings. The highest BCUT2D eigenvalue weighted by molar-refractivity contribution is 5.36. The molecule has 84 valence electrons. The van der Waals surface area contributed by atoms with E-state index in [1.54, 1.807) is 20.1 Å². The number of aliphatic hydroxyl groups is 1. The molecule has 1 rings (SSSR count). The summed E-state index contributed by atoms with van der Waals surface area (Å²) >= 11 is 0. The Morgan fingerprint density at radius 3 is 2.60 bits per heavy atom. The third-order valence-electron chi connectivity index (χ3n) is 2.42. The molecule has 0 saturated heterocycles. The average Bonchev–Trinajstić information content (AvgIpc) is 2.16. The van der Waals surface area contributed by atoms with Crippen LogP contribution in [0, 0.1) is 5.82 Å². The van der Waals surface area contributed by atoms with Crippen LogP contribution in [-0.4, -0.2) is 18.3 Å². The van der Waals surface area contributed by atoms with Gasteiger partial charge in [0.1, 0.15) is 11.6 Å². The number of aliphatic hydroxyl groups excluding tert-OH is 1. The third kappa shape index (κ3) is 3.20. The molecule has 0 amide bonds. The highest BCUT2D eigenvalue weighted by Crippen LogP contribution is 2.30. The molecule has 0 bridgehead atoms. The van der Waals surface area contributed by atoms with Crippen molar-refractivity contribution in [1.29, 1.82) is 0 Å². The molecule has 2 nitrogen and oxygen atoms in total. The number of ether oxygens (including phenoxy) is 1. The van der Waals surface area contributed by atoms with Gasteiger partial charge in [-0.2, -0.15) is 0 Å². The van der Waals surface area contributed by atoms with Crippen molar-refractivity contribution in [1.82, 2.24) is 0 Å². The van der Waals surface area contributed by atoms with Gasteiger partial charge >= 0.3 is 0 Å². The topological polar surface area (TPSA) is 29.5 Å². The van der Waals surface area contributed by atoms with Crippen molar-refractivity contribution in [3.8, 4) is 5.75 Å². The van der Waals surface area contributed by atoms with Gasteiger partial charge in [0, 0.05) is 0 Å². The van der Waals surface area contributed by atoms with Crippen LogP contribution in [0.5, 0.6) is 5.75 Å². The molecule has 1 aromatic rings. The highest BCUT2D eigenvalue weighted by atomic mass is 19.1.